The number of carboxylic acid groups (broad SMARTS) is 1. The second-order valence-corrected chi connectivity index (χ2v) is 6.18. The van der Waals surface area contributed by atoms with Gasteiger partial charge in [0.25, 0.3) is 0 Å². The van der Waals surface area contributed by atoms with E-state index in [4.69, 9.17) is 4.74 Å². The Morgan fingerprint density at radius 1 is 1.29 bits per heavy atom. The predicted molar refractivity (Wildman–Crippen MR) is 81.1 cm³/mol. The van der Waals surface area contributed by atoms with Gasteiger partial charge in [0.2, 0.25) is 5.91 Å². The first-order chi connectivity index (χ1) is 9.94. The molecule has 1 saturated heterocycles. The van der Waals surface area contributed by atoms with Crippen molar-refractivity contribution >= 4 is 27.8 Å². The van der Waals surface area contributed by atoms with Crippen molar-refractivity contribution in [3.63, 3.8) is 0 Å². The van der Waals surface area contributed by atoms with Crippen LogP contribution >= 0.6 is 15.9 Å². The maximum Gasteiger partial charge on any atom is 0.329 e. The van der Waals surface area contributed by atoms with Crippen molar-refractivity contribution in [1.29, 1.82) is 0 Å². The molecule has 0 bridgehead atoms. The zero-order chi connectivity index (χ0) is 15.5. The Labute approximate surface area is 131 Å². The molecule has 1 amide bonds. The summed E-state index contributed by atoms with van der Waals surface area (Å²) in [7, 11) is 0. The summed E-state index contributed by atoms with van der Waals surface area (Å²) >= 11 is 3.35. The summed E-state index contributed by atoms with van der Waals surface area (Å²) in [4.78, 5) is 23.9. The monoisotopic (exact) mass is 355 g/mol. The number of carbonyl (C=O) groups excluding carboxylic acids is 1. The van der Waals surface area contributed by atoms with Crippen molar-refractivity contribution in [3.05, 3.63) is 34.3 Å². The number of benzene rings is 1. The highest BCUT2D eigenvalue weighted by molar-refractivity contribution is 9.10. The Bertz CT molecular complexity index is 523. The summed E-state index contributed by atoms with van der Waals surface area (Å²) in [5, 5.41) is 12.2. The van der Waals surface area contributed by atoms with Crippen molar-refractivity contribution in [2.75, 3.05) is 13.2 Å². The van der Waals surface area contributed by atoms with E-state index in [0.29, 0.717) is 26.1 Å². The van der Waals surface area contributed by atoms with Gasteiger partial charge in [0, 0.05) is 30.5 Å². The normalized spacial score (nSPS) is 18.8. The molecule has 0 saturated carbocycles. The molecule has 1 aliphatic heterocycles. The lowest BCUT2D eigenvalue weighted by atomic mass is 9.88. The topological polar surface area (TPSA) is 75.6 Å². The molecular weight excluding hydrogens is 338 g/mol. The van der Waals surface area contributed by atoms with Gasteiger partial charge in [-0.1, -0.05) is 28.1 Å². The van der Waals surface area contributed by atoms with Crippen LogP contribution in [0.4, 0.5) is 0 Å². The van der Waals surface area contributed by atoms with Gasteiger partial charge in [-0.25, -0.2) is 4.79 Å². The van der Waals surface area contributed by atoms with E-state index in [2.05, 4.69) is 21.2 Å². The highest BCUT2D eigenvalue weighted by Gasteiger charge is 2.42. The van der Waals surface area contributed by atoms with Gasteiger partial charge in [-0.05, 0) is 24.6 Å². The minimum atomic E-state index is -1.21. The first kappa shape index (κ1) is 16.0. The van der Waals surface area contributed by atoms with Gasteiger partial charge in [-0.3, -0.25) is 4.79 Å². The maximum absolute atomic E-state index is 12.4. The first-order valence-electron chi connectivity index (χ1n) is 6.83. The molecular formula is C15H18BrNO4. The van der Waals surface area contributed by atoms with Crippen molar-refractivity contribution in [1.82, 2.24) is 5.32 Å². The van der Waals surface area contributed by atoms with E-state index in [1.54, 1.807) is 6.92 Å². The van der Waals surface area contributed by atoms with Crippen LogP contribution in [0.15, 0.2) is 28.7 Å². The minimum Gasteiger partial charge on any atom is -0.480 e. The third-order valence-electron chi connectivity index (χ3n) is 3.88. The van der Waals surface area contributed by atoms with Crippen LogP contribution in [0.2, 0.25) is 0 Å². The fraction of sp³-hybridized carbons (Fsp3) is 0.467. The first-order valence-corrected chi connectivity index (χ1v) is 7.62. The zero-order valence-corrected chi connectivity index (χ0v) is 13.4. The number of nitrogens with one attached hydrogen (secondary N) is 1. The molecule has 6 heteroatoms. The van der Waals surface area contributed by atoms with Crippen molar-refractivity contribution in [3.8, 4) is 0 Å². The molecule has 0 aliphatic carbocycles. The van der Waals surface area contributed by atoms with Crippen LogP contribution in [0, 0.1) is 0 Å². The van der Waals surface area contributed by atoms with Crippen LogP contribution < -0.4 is 5.32 Å². The van der Waals surface area contributed by atoms with E-state index in [9.17, 15) is 14.7 Å². The Balaban J connectivity index is 2.11. The number of carbonyl (C=O) groups is 2. The molecule has 2 rings (SSSR count). The summed E-state index contributed by atoms with van der Waals surface area (Å²) in [6.45, 7) is 2.46. The van der Waals surface area contributed by atoms with Crippen LogP contribution in [0.1, 0.15) is 31.2 Å². The van der Waals surface area contributed by atoms with E-state index < -0.39 is 17.4 Å². The van der Waals surface area contributed by atoms with Gasteiger partial charge >= 0.3 is 5.97 Å². The fourth-order valence-electron chi connectivity index (χ4n) is 2.36. The third-order valence-corrected chi connectivity index (χ3v) is 4.41. The average Bonchev–Trinajstić information content (AvgIpc) is 2.48. The number of rotatable bonds is 4. The molecule has 5 nitrogen and oxygen atoms in total. The fourth-order valence-corrected chi connectivity index (χ4v) is 2.62. The van der Waals surface area contributed by atoms with Crippen LogP contribution in [0.3, 0.4) is 0 Å². The second-order valence-electron chi connectivity index (χ2n) is 5.26. The van der Waals surface area contributed by atoms with Gasteiger partial charge in [0.15, 0.2) is 0 Å². The molecule has 0 aromatic heterocycles. The standard InChI is InChI=1S/C15H18BrNO4/c1-10(11-2-4-12(16)5-3-11)13(18)17-15(14(19)20)6-8-21-9-7-15/h2-5,10H,6-9H2,1H3,(H,17,18)(H,19,20). The SMILES string of the molecule is CC(C(=O)NC1(C(=O)O)CCOCC1)c1ccc(Br)cc1. The number of carboxylic acids is 1. The molecule has 1 atom stereocenters. The highest BCUT2D eigenvalue weighted by Crippen LogP contribution is 2.24. The number of aliphatic carboxylic acids is 1. The molecule has 2 N–H and O–H groups in total. The largest absolute Gasteiger partial charge is 0.480 e. The summed E-state index contributed by atoms with van der Waals surface area (Å²) in [5.41, 5.74) is -0.359. The van der Waals surface area contributed by atoms with Crippen molar-refractivity contribution in [2.24, 2.45) is 0 Å². The zero-order valence-electron chi connectivity index (χ0n) is 11.8. The molecule has 1 heterocycles. The summed E-state index contributed by atoms with van der Waals surface area (Å²) in [6.07, 6.45) is 0.586. The van der Waals surface area contributed by atoms with Gasteiger partial charge in [-0.2, -0.15) is 0 Å². The number of ether oxygens (including phenoxy) is 1. The van der Waals surface area contributed by atoms with Crippen LogP contribution in [0.25, 0.3) is 0 Å². The molecule has 1 unspecified atom stereocenters. The van der Waals surface area contributed by atoms with Crippen LogP contribution in [0.5, 0.6) is 0 Å². The summed E-state index contributed by atoms with van der Waals surface area (Å²) in [6, 6.07) is 7.43. The smallest absolute Gasteiger partial charge is 0.329 e. The second kappa shape index (κ2) is 6.58. The molecule has 0 spiro atoms. The lowest BCUT2D eigenvalue weighted by molar-refractivity contribution is -0.152. The van der Waals surface area contributed by atoms with Crippen molar-refractivity contribution < 1.29 is 19.4 Å². The molecule has 114 valence electrons. The van der Waals surface area contributed by atoms with Gasteiger partial charge in [0.05, 0.1) is 5.92 Å². The van der Waals surface area contributed by atoms with Crippen molar-refractivity contribution in [2.45, 2.75) is 31.2 Å². The van der Waals surface area contributed by atoms with Crippen LogP contribution in [-0.4, -0.2) is 35.7 Å². The summed E-state index contributed by atoms with van der Waals surface area (Å²) < 4.78 is 6.13. The molecule has 1 aromatic carbocycles. The lowest BCUT2D eigenvalue weighted by Crippen LogP contribution is -2.58. The Hall–Kier alpha value is -1.40. The number of hydrogen-bond acceptors (Lipinski definition) is 3. The third kappa shape index (κ3) is 3.63. The number of halogens is 1. The average molecular weight is 356 g/mol. The van der Waals surface area contributed by atoms with E-state index in [1.165, 1.54) is 0 Å². The lowest BCUT2D eigenvalue weighted by Gasteiger charge is -2.34. The Kier molecular flexibility index (Phi) is 5.00. The number of amides is 1. The number of hydrogen-bond donors (Lipinski definition) is 2. The van der Waals surface area contributed by atoms with Gasteiger partial charge in [0.1, 0.15) is 5.54 Å². The van der Waals surface area contributed by atoms with E-state index in [-0.39, 0.29) is 5.91 Å². The molecule has 0 radical (unpaired) electrons. The van der Waals surface area contributed by atoms with E-state index >= 15 is 0 Å². The maximum atomic E-state index is 12.4. The Morgan fingerprint density at radius 3 is 2.38 bits per heavy atom. The molecule has 1 aromatic rings. The molecule has 21 heavy (non-hydrogen) atoms. The van der Waals surface area contributed by atoms with E-state index in [0.717, 1.165) is 10.0 Å². The molecule has 1 fully saturated rings. The minimum absolute atomic E-state index is 0.276. The Morgan fingerprint density at radius 2 is 1.86 bits per heavy atom. The quantitative estimate of drug-likeness (QED) is 0.868. The molecule has 1 aliphatic rings. The van der Waals surface area contributed by atoms with E-state index in [1.807, 2.05) is 24.3 Å². The van der Waals surface area contributed by atoms with Gasteiger partial charge < -0.3 is 15.2 Å². The van der Waals surface area contributed by atoms with Gasteiger partial charge in [-0.15, -0.1) is 0 Å². The predicted octanol–water partition coefficient (Wildman–Crippen LogP) is 2.30. The summed E-state index contributed by atoms with van der Waals surface area (Å²) in [5.74, 6) is -1.68. The van der Waals surface area contributed by atoms with Crippen LogP contribution in [-0.2, 0) is 14.3 Å². The highest BCUT2D eigenvalue weighted by atomic mass is 79.9.